The number of halogens is 1. The van der Waals surface area contributed by atoms with Crippen molar-refractivity contribution in [3.8, 4) is 5.75 Å². The van der Waals surface area contributed by atoms with Gasteiger partial charge in [-0.05, 0) is 42.8 Å². The van der Waals surface area contributed by atoms with Gasteiger partial charge in [-0.3, -0.25) is 9.78 Å². The zero-order valence-corrected chi connectivity index (χ0v) is 15.7. The third kappa shape index (κ3) is 3.13. The Labute approximate surface area is 161 Å². The van der Waals surface area contributed by atoms with Gasteiger partial charge in [0, 0.05) is 17.3 Å². The highest BCUT2D eigenvalue weighted by Crippen LogP contribution is 2.38. The van der Waals surface area contributed by atoms with Gasteiger partial charge in [0.2, 0.25) is 0 Å². The maximum atomic E-state index is 13.0. The van der Waals surface area contributed by atoms with E-state index in [4.69, 9.17) is 20.8 Å². The highest BCUT2D eigenvalue weighted by Gasteiger charge is 2.38. The van der Waals surface area contributed by atoms with Gasteiger partial charge in [-0.25, -0.2) is 0 Å². The topological polar surface area (TPSA) is 67.6 Å². The van der Waals surface area contributed by atoms with Crippen LogP contribution in [-0.4, -0.2) is 22.9 Å². The van der Waals surface area contributed by atoms with Crippen LogP contribution in [0.25, 0.3) is 0 Å². The molecule has 0 bridgehead atoms. The predicted octanol–water partition coefficient (Wildman–Crippen LogP) is 4.41. The number of nitrogens with zero attached hydrogens (tertiary/aromatic N) is 2. The number of benzene rings is 1. The summed E-state index contributed by atoms with van der Waals surface area (Å²) >= 11 is 6.21. The monoisotopic (exact) mass is 383 g/mol. The molecule has 1 amide bonds. The number of ether oxygens (including phenoxy) is 1. The molecule has 1 aliphatic rings. The van der Waals surface area contributed by atoms with E-state index in [1.807, 2.05) is 19.1 Å². The van der Waals surface area contributed by atoms with E-state index >= 15 is 0 Å². The van der Waals surface area contributed by atoms with Crippen LogP contribution in [0.3, 0.4) is 0 Å². The molecule has 0 spiro atoms. The summed E-state index contributed by atoms with van der Waals surface area (Å²) in [6.07, 6.45) is 2.82. The molecular weight excluding hydrogens is 366 g/mol. The number of carbonyl (C=O) groups is 1. The van der Waals surface area contributed by atoms with Crippen molar-refractivity contribution in [1.82, 2.24) is 9.88 Å². The van der Waals surface area contributed by atoms with Gasteiger partial charge in [-0.2, -0.15) is 0 Å². The van der Waals surface area contributed by atoms with E-state index in [0.717, 1.165) is 11.3 Å². The van der Waals surface area contributed by atoms with Crippen LogP contribution in [0.4, 0.5) is 5.69 Å². The van der Waals surface area contributed by atoms with Crippen molar-refractivity contribution in [3.63, 3.8) is 0 Å². The number of aromatic nitrogens is 1. The smallest absolute Gasteiger partial charge is 0.258 e. The fourth-order valence-corrected chi connectivity index (χ4v) is 3.36. The molecular formula is C20H18ClN3O3. The van der Waals surface area contributed by atoms with Gasteiger partial charge in [0.25, 0.3) is 5.91 Å². The molecule has 1 unspecified atom stereocenters. The lowest BCUT2D eigenvalue weighted by molar-refractivity contribution is 0.0714. The third-order valence-corrected chi connectivity index (χ3v) is 4.99. The first kappa shape index (κ1) is 17.4. The number of hydrogen-bond donors (Lipinski definition) is 1. The van der Waals surface area contributed by atoms with Crippen LogP contribution in [0.2, 0.25) is 5.02 Å². The van der Waals surface area contributed by atoms with E-state index in [9.17, 15) is 4.79 Å². The number of nitrogens with one attached hydrogen (secondary N) is 1. The van der Waals surface area contributed by atoms with Crippen LogP contribution in [-0.2, 0) is 6.54 Å². The summed E-state index contributed by atoms with van der Waals surface area (Å²) in [6.45, 7) is 2.24. The Morgan fingerprint density at radius 2 is 2.19 bits per heavy atom. The molecule has 4 rings (SSSR count). The fraction of sp³-hybridized carbons (Fsp3) is 0.200. The Hall–Kier alpha value is -2.99. The fourth-order valence-electron chi connectivity index (χ4n) is 3.21. The summed E-state index contributed by atoms with van der Waals surface area (Å²) in [5, 5.41) is 4.01. The molecule has 0 fully saturated rings. The molecule has 0 saturated heterocycles. The number of furan rings is 1. The van der Waals surface area contributed by atoms with Crippen molar-refractivity contribution in [1.29, 1.82) is 0 Å². The summed E-state index contributed by atoms with van der Waals surface area (Å²) in [5.41, 5.74) is 2.89. The van der Waals surface area contributed by atoms with Crippen LogP contribution < -0.4 is 10.1 Å². The molecule has 3 heterocycles. The Bertz CT molecular complexity index is 988. The van der Waals surface area contributed by atoms with Crippen LogP contribution in [0, 0.1) is 6.92 Å². The summed E-state index contributed by atoms with van der Waals surface area (Å²) in [4.78, 5) is 19.1. The molecule has 1 aromatic carbocycles. The SMILES string of the molecule is COc1cc(Cl)c(C)cc1NC1c2ncccc2C(=O)N1Cc1ccco1. The molecule has 3 aromatic rings. The number of anilines is 1. The number of carbonyl (C=O) groups excluding carboxylic acids is 1. The van der Waals surface area contributed by atoms with Crippen molar-refractivity contribution in [2.75, 3.05) is 12.4 Å². The number of hydrogen-bond acceptors (Lipinski definition) is 5. The van der Waals surface area contributed by atoms with Gasteiger partial charge in [-0.1, -0.05) is 11.6 Å². The van der Waals surface area contributed by atoms with E-state index < -0.39 is 6.17 Å². The van der Waals surface area contributed by atoms with Crippen LogP contribution in [0.15, 0.2) is 53.3 Å². The van der Waals surface area contributed by atoms with E-state index in [1.54, 1.807) is 48.7 Å². The van der Waals surface area contributed by atoms with E-state index in [-0.39, 0.29) is 5.91 Å². The second kappa shape index (κ2) is 6.96. The van der Waals surface area contributed by atoms with Gasteiger partial charge < -0.3 is 19.4 Å². The average Bonchev–Trinajstić information content (AvgIpc) is 3.27. The molecule has 6 nitrogen and oxygen atoms in total. The lowest BCUT2D eigenvalue weighted by Crippen LogP contribution is -2.32. The highest BCUT2D eigenvalue weighted by atomic mass is 35.5. The third-order valence-electron chi connectivity index (χ3n) is 4.58. The summed E-state index contributed by atoms with van der Waals surface area (Å²) in [7, 11) is 1.58. The van der Waals surface area contributed by atoms with E-state index in [0.29, 0.717) is 34.3 Å². The van der Waals surface area contributed by atoms with Gasteiger partial charge in [0.05, 0.1) is 36.9 Å². The average molecular weight is 384 g/mol. The first-order valence-corrected chi connectivity index (χ1v) is 8.85. The minimum atomic E-state index is -0.451. The van der Waals surface area contributed by atoms with Crippen molar-refractivity contribution < 1.29 is 13.9 Å². The molecule has 27 heavy (non-hydrogen) atoms. The van der Waals surface area contributed by atoms with Gasteiger partial charge >= 0.3 is 0 Å². The maximum Gasteiger partial charge on any atom is 0.258 e. The quantitative estimate of drug-likeness (QED) is 0.706. The molecule has 7 heteroatoms. The predicted molar refractivity (Wildman–Crippen MR) is 102 cm³/mol. The van der Waals surface area contributed by atoms with Crippen molar-refractivity contribution in [2.45, 2.75) is 19.6 Å². The first-order valence-electron chi connectivity index (χ1n) is 8.47. The zero-order valence-electron chi connectivity index (χ0n) is 14.9. The molecule has 0 radical (unpaired) electrons. The van der Waals surface area contributed by atoms with Crippen molar-refractivity contribution in [2.24, 2.45) is 0 Å². The Morgan fingerprint density at radius 3 is 2.93 bits per heavy atom. The lowest BCUT2D eigenvalue weighted by atomic mass is 10.1. The summed E-state index contributed by atoms with van der Waals surface area (Å²) in [5.74, 6) is 1.19. The number of amides is 1. The number of pyridine rings is 1. The Morgan fingerprint density at radius 1 is 1.33 bits per heavy atom. The van der Waals surface area contributed by atoms with E-state index in [2.05, 4.69) is 10.3 Å². The summed E-state index contributed by atoms with van der Waals surface area (Å²) in [6, 6.07) is 10.8. The minimum absolute atomic E-state index is 0.100. The molecule has 0 saturated carbocycles. The Kier molecular flexibility index (Phi) is 4.49. The lowest BCUT2D eigenvalue weighted by Gasteiger charge is -2.26. The van der Waals surface area contributed by atoms with Crippen LogP contribution in [0.5, 0.6) is 5.75 Å². The Balaban J connectivity index is 1.74. The van der Waals surface area contributed by atoms with Gasteiger partial charge in [0.15, 0.2) is 0 Å². The molecule has 1 N–H and O–H groups in total. The van der Waals surface area contributed by atoms with E-state index in [1.165, 1.54) is 0 Å². The van der Waals surface area contributed by atoms with Crippen molar-refractivity contribution >= 4 is 23.2 Å². The van der Waals surface area contributed by atoms with Crippen LogP contribution in [0.1, 0.15) is 33.5 Å². The minimum Gasteiger partial charge on any atom is -0.495 e. The highest BCUT2D eigenvalue weighted by molar-refractivity contribution is 6.31. The van der Waals surface area contributed by atoms with Crippen molar-refractivity contribution in [3.05, 3.63) is 76.5 Å². The second-order valence-corrected chi connectivity index (χ2v) is 6.70. The van der Waals surface area contributed by atoms with Gasteiger partial charge in [0.1, 0.15) is 17.7 Å². The summed E-state index contributed by atoms with van der Waals surface area (Å²) < 4.78 is 10.9. The van der Waals surface area contributed by atoms with Crippen LogP contribution >= 0.6 is 11.6 Å². The zero-order chi connectivity index (χ0) is 19.0. The molecule has 2 aromatic heterocycles. The number of fused-ring (bicyclic) bond motifs is 1. The van der Waals surface area contributed by atoms with Gasteiger partial charge in [-0.15, -0.1) is 0 Å². The molecule has 1 atom stereocenters. The molecule has 1 aliphatic heterocycles. The standard InChI is InChI=1S/C20H18ClN3O3/c1-12-9-16(17(26-2)10-15(12)21)23-19-18-14(6-3-7-22-18)20(25)24(19)11-13-5-4-8-27-13/h3-10,19,23H,11H2,1-2H3. The number of aryl methyl sites for hydroxylation is 1. The molecule has 138 valence electrons. The number of methoxy groups -OCH3 is 1. The molecule has 0 aliphatic carbocycles. The maximum absolute atomic E-state index is 13.0. The first-order chi connectivity index (χ1) is 13.1. The largest absolute Gasteiger partial charge is 0.495 e. The number of rotatable bonds is 5. The normalized spacial score (nSPS) is 15.7. The second-order valence-electron chi connectivity index (χ2n) is 6.30.